The molecular formula is C23H33NO2. The van der Waals surface area contributed by atoms with Gasteiger partial charge in [0, 0.05) is 35.5 Å². The Morgan fingerprint density at radius 2 is 2.12 bits per heavy atom. The Balaban J connectivity index is 1.69. The van der Waals surface area contributed by atoms with Crippen LogP contribution < -0.4 is 0 Å². The number of aromatic hydroxyl groups is 1. The van der Waals surface area contributed by atoms with E-state index in [-0.39, 0.29) is 22.3 Å². The molecule has 1 heterocycles. The van der Waals surface area contributed by atoms with Gasteiger partial charge in [-0.2, -0.15) is 0 Å². The van der Waals surface area contributed by atoms with E-state index in [4.69, 9.17) is 4.74 Å². The summed E-state index contributed by atoms with van der Waals surface area (Å²) in [6.45, 7) is 18.0. The molecule has 2 fully saturated rings. The van der Waals surface area contributed by atoms with Gasteiger partial charge in [-0.1, -0.05) is 45.1 Å². The van der Waals surface area contributed by atoms with Gasteiger partial charge in [0.1, 0.15) is 5.75 Å². The van der Waals surface area contributed by atoms with E-state index in [0.29, 0.717) is 18.4 Å². The van der Waals surface area contributed by atoms with Crippen molar-refractivity contribution in [3.8, 4) is 5.75 Å². The molecule has 1 saturated carbocycles. The lowest BCUT2D eigenvalue weighted by Crippen LogP contribution is -2.53. The molecule has 0 radical (unpaired) electrons. The molecule has 3 aliphatic rings. The van der Waals surface area contributed by atoms with Crippen LogP contribution in [0.1, 0.15) is 58.6 Å². The highest BCUT2D eigenvalue weighted by atomic mass is 16.5. The molecule has 142 valence electrons. The first-order valence-electron chi connectivity index (χ1n) is 9.94. The second-order valence-corrected chi connectivity index (χ2v) is 9.94. The predicted molar refractivity (Wildman–Crippen MR) is 106 cm³/mol. The largest absolute Gasteiger partial charge is 0.508 e. The molecule has 1 aromatic rings. The van der Waals surface area contributed by atoms with E-state index in [0.717, 1.165) is 31.5 Å². The molecule has 3 bridgehead atoms. The molecule has 1 aromatic carbocycles. The molecule has 4 atom stereocenters. The van der Waals surface area contributed by atoms with Crippen LogP contribution in [0.15, 0.2) is 30.4 Å². The number of fused-ring (bicyclic) bond motifs is 4. The third-order valence-electron chi connectivity index (χ3n) is 7.75. The van der Waals surface area contributed by atoms with E-state index in [9.17, 15) is 5.11 Å². The minimum Gasteiger partial charge on any atom is -0.508 e. The van der Waals surface area contributed by atoms with Crippen molar-refractivity contribution in [3.05, 3.63) is 41.5 Å². The van der Waals surface area contributed by atoms with E-state index in [1.807, 2.05) is 19.1 Å². The molecule has 2 aliphatic carbocycles. The van der Waals surface area contributed by atoms with Crippen molar-refractivity contribution >= 4 is 0 Å². The lowest BCUT2D eigenvalue weighted by molar-refractivity contribution is 0.00490. The highest BCUT2D eigenvalue weighted by Crippen LogP contribution is 2.69. The molecule has 26 heavy (non-hydrogen) atoms. The summed E-state index contributed by atoms with van der Waals surface area (Å²) in [5.74, 6) is 0.496. The van der Waals surface area contributed by atoms with Gasteiger partial charge in [0.15, 0.2) is 0 Å². The first-order chi connectivity index (χ1) is 12.1. The summed E-state index contributed by atoms with van der Waals surface area (Å²) >= 11 is 0. The molecule has 1 saturated heterocycles. The Hall–Kier alpha value is -1.32. The van der Waals surface area contributed by atoms with Gasteiger partial charge in [-0.05, 0) is 43.7 Å². The van der Waals surface area contributed by atoms with Crippen molar-refractivity contribution in [1.82, 2.24) is 4.90 Å². The fourth-order valence-corrected chi connectivity index (χ4v) is 6.30. The molecule has 3 heteroatoms. The monoisotopic (exact) mass is 355 g/mol. The molecule has 1 spiro atoms. The number of likely N-dealkylation sites (tertiary alicyclic amines) is 1. The minimum atomic E-state index is 0.101. The maximum Gasteiger partial charge on any atom is 0.119 e. The lowest BCUT2D eigenvalue weighted by atomic mass is 9.54. The highest BCUT2D eigenvalue weighted by Gasteiger charge is 2.68. The van der Waals surface area contributed by atoms with Crippen molar-refractivity contribution in [2.75, 3.05) is 19.7 Å². The predicted octanol–water partition coefficient (Wildman–Crippen LogP) is 4.39. The zero-order valence-electron chi connectivity index (χ0n) is 16.9. The van der Waals surface area contributed by atoms with E-state index in [1.54, 1.807) is 0 Å². The van der Waals surface area contributed by atoms with Crippen LogP contribution >= 0.6 is 0 Å². The van der Waals surface area contributed by atoms with Crippen LogP contribution in [0.3, 0.4) is 0 Å². The standard InChI is InChI=1S/C23H33NO2/c1-15(2)12-26-16(3)11-24-14-23-10-19(24)21(4,5)22(6,13-23)17-8-7-9-18(25)20(17)23/h7-9,16,19,25H,1,10-14H2,2-6H3/t16-,19+,22?,23+/m0/s1. The van der Waals surface area contributed by atoms with Gasteiger partial charge in [-0.25, -0.2) is 0 Å². The number of hydrogen-bond donors (Lipinski definition) is 1. The fraction of sp³-hybridized carbons (Fsp3) is 0.652. The molecule has 1 aliphatic heterocycles. The fourth-order valence-electron chi connectivity index (χ4n) is 6.30. The Labute approximate surface area is 158 Å². The number of nitrogens with zero attached hydrogens (tertiary/aromatic N) is 1. The van der Waals surface area contributed by atoms with Gasteiger partial charge >= 0.3 is 0 Å². The SMILES string of the molecule is C=C(C)CO[C@@H](C)CN1C[C@@]23C[C@@H]1C(C)(C)C(C)(C2)c1cccc(O)c13. The molecule has 1 N–H and O–H groups in total. The van der Waals surface area contributed by atoms with Crippen molar-refractivity contribution in [2.24, 2.45) is 5.41 Å². The summed E-state index contributed by atoms with van der Waals surface area (Å²) in [5, 5.41) is 10.7. The maximum absolute atomic E-state index is 10.7. The van der Waals surface area contributed by atoms with Crippen molar-refractivity contribution in [2.45, 2.75) is 70.4 Å². The molecular weight excluding hydrogens is 322 g/mol. The van der Waals surface area contributed by atoms with Crippen LogP contribution in [0, 0.1) is 5.41 Å². The Morgan fingerprint density at radius 3 is 2.81 bits per heavy atom. The lowest BCUT2D eigenvalue weighted by Gasteiger charge is -2.51. The van der Waals surface area contributed by atoms with Gasteiger partial charge in [-0.15, -0.1) is 0 Å². The number of rotatable bonds is 5. The Bertz CT molecular complexity index is 755. The van der Waals surface area contributed by atoms with Crippen molar-refractivity contribution < 1.29 is 9.84 Å². The van der Waals surface area contributed by atoms with Crippen LogP contribution in [0.4, 0.5) is 0 Å². The normalized spacial score (nSPS) is 35.3. The topological polar surface area (TPSA) is 32.7 Å². The van der Waals surface area contributed by atoms with Crippen LogP contribution in [0.2, 0.25) is 0 Å². The zero-order valence-corrected chi connectivity index (χ0v) is 16.9. The zero-order chi connectivity index (χ0) is 18.9. The van der Waals surface area contributed by atoms with Gasteiger partial charge < -0.3 is 9.84 Å². The van der Waals surface area contributed by atoms with Gasteiger partial charge in [-0.3, -0.25) is 4.90 Å². The quantitative estimate of drug-likeness (QED) is 0.795. The van der Waals surface area contributed by atoms with E-state index < -0.39 is 0 Å². The van der Waals surface area contributed by atoms with E-state index in [2.05, 4.69) is 45.2 Å². The van der Waals surface area contributed by atoms with Gasteiger partial charge in [0.05, 0.1) is 12.7 Å². The van der Waals surface area contributed by atoms with E-state index in [1.165, 1.54) is 11.1 Å². The molecule has 4 rings (SSSR count). The second-order valence-electron chi connectivity index (χ2n) is 9.94. The molecule has 1 unspecified atom stereocenters. The highest BCUT2D eigenvalue weighted by molar-refractivity contribution is 5.57. The number of ether oxygens (including phenoxy) is 1. The number of phenols is 1. The van der Waals surface area contributed by atoms with Crippen molar-refractivity contribution in [3.63, 3.8) is 0 Å². The third kappa shape index (κ3) is 2.26. The summed E-state index contributed by atoms with van der Waals surface area (Å²) in [7, 11) is 0. The summed E-state index contributed by atoms with van der Waals surface area (Å²) in [6.07, 6.45) is 2.48. The first kappa shape index (κ1) is 18.1. The molecule has 0 amide bonds. The molecule has 3 nitrogen and oxygen atoms in total. The summed E-state index contributed by atoms with van der Waals surface area (Å²) < 4.78 is 5.99. The van der Waals surface area contributed by atoms with Crippen LogP contribution in [0.5, 0.6) is 5.75 Å². The number of phenolic OH excluding ortho intramolecular Hbond substituents is 1. The maximum atomic E-state index is 10.7. The number of benzene rings is 1. The van der Waals surface area contributed by atoms with Gasteiger partial charge in [0.25, 0.3) is 0 Å². The summed E-state index contributed by atoms with van der Waals surface area (Å²) in [6, 6.07) is 6.67. The first-order valence-corrected chi connectivity index (χ1v) is 9.94. The van der Waals surface area contributed by atoms with Crippen LogP contribution in [-0.4, -0.2) is 41.8 Å². The summed E-state index contributed by atoms with van der Waals surface area (Å²) in [4.78, 5) is 2.64. The average Bonchev–Trinajstić information content (AvgIpc) is 2.99. The third-order valence-corrected chi connectivity index (χ3v) is 7.75. The smallest absolute Gasteiger partial charge is 0.119 e. The minimum absolute atomic E-state index is 0.101. The van der Waals surface area contributed by atoms with Crippen LogP contribution in [0.25, 0.3) is 0 Å². The average molecular weight is 356 g/mol. The Morgan fingerprint density at radius 1 is 1.38 bits per heavy atom. The second kappa shape index (κ2) is 5.59. The summed E-state index contributed by atoms with van der Waals surface area (Å²) in [5.41, 5.74) is 4.05. The van der Waals surface area contributed by atoms with Crippen LogP contribution in [-0.2, 0) is 15.6 Å². The Kier molecular flexibility index (Phi) is 3.88. The van der Waals surface area contributed by atoms with Crippen molar-refractivity contribution in [1.29, 1.82) is 0 Å². The van der Waals surface area contributed by atoms with E-state index >= 15 is 0 Å². The molecule has 0 aromatic heterocycles. The van der Waals surface area contributed by atoms with Gasteiger partial charge in [0.2, 0.25) is 0 Å². The number of hydrogen-bond acceptors (Lipinski definition) is 3.